The Balaban J connectivity index is 2.20. The van der Waals surface area contributed by atoms with Gasteiger partial charge in [-0.25, -0.2) is 0 Å². The van der Waals surface area contributed by atoms with E-state index in [0.717, 1.165) is 16.6 Å². The summed E-state index contributed by atoms with van der Waals surface area (Å²) in [7, 11) is 1.62. The van der Waals surface area contributed by atoms with Gasteiger partial charge in [-0.2, -0.15) is 0 Å². The fraction of sp³-hybridized carbons (Fsp3) is 0.250. The van der Waals surface area contributed by atoms with Gasteiger partial charge >= 0.3 is 0 Å². The molecule has 2 nitrogen and oxygen atoms in total. The normalized spacial score (nSPS) is 12.0. The summed E-state index contributed by atoms with van der Waals surface area (Å²) in [5.41, 5.74) is 2.23. The topological polar surface area (TPSA) is 21.3 Å². The summed E-state index contributed by atoms with van der Waals surface area (Å²) in [5, 5.41) is 4.12. The summed E-state index contributed by atoms with van der Waals surface area (Å²) < 4.78 is 6.25. The van der Waals surface area contributed by atoms with E-state index in [1.54, 1.807) is 7.11 Å². The molecule has 4 heteroatoms. The summed E-state index contributed by atoms with van der Waals surface area (Å²) in [4.78, 5) is 0. The Morgan fingerprint density at radius 1 is 1.25 bits per heavy atom. The summed E-state index contributed by atoms with van der Waals surface area (Å²) in [6.45, 7) is 2.16. The molecular weight excluding hydrogens is 338 g/mol. The molecule has 0 aromatic heterocycles. The van der Waals surface area contributed by atoms with Crippen molar-refractivity contribution in [1.29, 1.82) is 0 Å². The van der Waals surface area contributed by atoms with Crippen LogP contribution >= 0.6 is 27.5 Å². The van der Waals surface area contributed by atoms with Crippen molar-refractivity contribution < 1.29 is 4.74 Å². The van der Waals surface area contributed by atoms with Gasteiger partial charge in [-0.15, -0.1) is 0 Å². The number of hydrogen-bond donors (Lipinski definition) is 1. The lowest BCUT2D eigenvalue weighted by Gasteiger charge is -2.19. The van der Waals surface area contributed by atoms with Crippen LogP contribution in [-0.2, 0) is 0 Å². The van der Waals surface area contributed by atoms with Gasteiger partial charge in [-0.1, -0.05) is 46.6 Å². The largest absolute Gasteiger partial charge is 0.495 e. The zero-order valence-corrected chi connectivity index (χ0v) is 13.8. The van der Waals surface area contributed by atoms with Gasteiger partial charge < -0.3 is 10.1 Å². The second kappa shape index (κ2) is 7.00. The van der Waals surface area contributed by atoms with Crippen LogP contribution in [0.1, 0.15) is 24.9 Å². The number of hydrogen-bond acceptors (Lipinski definition) is 2. The molecular formula is C16H17BrClNO. The first kappa shape index (κ1) is 15.2. The quantitative estimate of drug-likeness (QED) is 0.746. The number of benzene rings is 2. The molecule has 0 fully saturated rings. The van der Waals surface area contributed by atoms with Gasteiger partial charge in [0.15, 0.2) is 0 Å². The van der Waals surface area contributed by atoms with E-state index in [9.17, 15) is 0 Å². The minimum atomic E-state index is 0.247. The van der Waals surface area contributed by atoms with E-state index in [4.69, 9.17) is 16.3 Å². The molecule has 0 saturated carbocycles. The van der Waals surface area contributed by atoms with Gasteiger partial charge in [0.1, 0.15) is 5.75 Å². The third-order valence-electron chi connectivity index (χ3n) is 3.15. The fourth-order valence-electron chi connectivity index (χ4n) is 2.10. The predicted octanol–water partition coefficient (Wildman–Crippen LogP) is 5.67. The van der Waals surface area contributed by atoms with Crippen LogP contribution in [0.2, 0.25) is 5.02 Å². The van der Waals surface area contributed by atoms with Crippen molar-refractivity contribution in [3.05, 3.63) is 57.5 Å². The first-order chi connectivity index (χ1) is 9.63. The highest BCUT2D eigenvalue weighted by Crippen LogP contribution is 2.30. The number of ether oxygens (including phenoxy) is 1. The summed E-state index contributed by atoms with van der Waals surface area (Å²) in [5.74, 6) is 0.688. The average Bonchev–Trinajstić information content (AvgIpc) is 2.45. The smallest absolute Gasteiger partial charge is 0.137 e. The van der Waals surface area contributed by atoms with Gasteiger partial charge in [-0.05, 0) is 42.3 Å². The van der Waals surface area contributed by atoms with Gasteiger partial charge in [-0.3, -0.25) is 0 Å². The van der Waals surface area contributed by atoms with Crippen LogP contribution in [0.3, 0.4) is 0 Å². The zero-order chi connectivity index (χ0) is 14.5. The molecule has 0 saturated heterocycles. The summed E-state index contributed by atoms with van der Waals surface area (Å²) in [6.07, 6.45) is 0.986. The molecule has 2 rings (SSSR count). The number of nitrogens with one attached hydrogen (secondary N) is 1. The van der Waals surface area contributed by atoms with Gasteiger partial charge in [0.25, 0.3) is 0 Å². The molecule has 0 heterocycles. The first-order valence-corrected chi connectivity index (χ1v) is 7.66. The molecule has 1 atom stereocenters. The molecule has 0 aliphatic carbocycles. The molecule has 2 aromatic rings. The molecule has 2 aromatic carbocycles. The zero-order valence-electron chi connectivity index (χ0n) is 11.5. The number of anilines is 1. The molecule has 0 aliphatic heterocycles. The molecule has 20 heavy (non-hydrogen) atoms. The van der Waals surface area contributed by atoms with Crippen molar-refractivity contribution in [3.8, 4) is 5.75 Å². The Morgan fingerprint density at radius 3 is 2.65 bits per heavy atom. The molecule has 0 amide bonds. The lowest BCUT2D eigenvalue weighted by molar-refractivity contribution is 0.415. The third kappa shape index (κ3) is 3.68. The SMILES string of the molecule is CCC(Nc1ccc(OC)c(Cl)c1)c1cccc(Br)c1. The van der Waals surface area contributed by atoms with E-state index in [0.29, 0.717) is 10.8 Å². The molecule has 1 N–H and O–H groups in total. The van der Waals surface area contributed by atoms with E-state index >= 15 is 0 Å². The number of halogens is 2. The highest BCUT2D eigenvalue weighted by atomic mass is 79.9. The van der Waals surface area contributed by atoms with Crippen LogP contribution in [-0.4, -0.2) is 7.11 Å². The third-order valence-corrected chi connectivity index (χ3v) is 3.94. The van der Waals surface area contributed by atoms with Crippen LogP contribution in [0.25, 0.3) is 0 Å². The molecule has 0 spiro atoms. The predicted molar refractivity (Wildman–Crippen MR) is 88.8 cm³/mol. The van der Waals surface area contributed by atoms with E-state index in [2.05, 4.69) is 40.3 Å². The lowest BCUT2D eigenvalue weighted by atomic mass is 10.0. The van der Waals surface area contributed by atoms with Gasteiger partial charge in [0.05, 0.1) is 18.2 Å². The van der Waals surface area contributed by atoms with Crippen LogP contribution in [0.5, 0.6) is 5.75 Å². The van der Waals surface area contributed by atoms with Gasteiger partial charge in [0, 0.05) is 10.2 Å². The Bertz CT molecular complexity index is 588. The lowest BCUT2D eigenvalue weighted by Crippen LogP contribution is -2.09. The van der Waals surface area contributed by atoms with E-state index < -0.39 is 0 Å². The van der Waals surface area contributed by atoms with E-state index in [1.165, 1.54) is 5.56 Å². The van der Waals surface area contributed by atoms with E-state index in [-0.39, 0.29) is 6.04 Å². The van der Waals surface area contributed by atoms with Crippen LogP contribution in [0, 0.1) is 0 Å². The maximum absolute atomic E-state index is 6.15. The molecule has 0 aliphatic rings. The van der Waals surface area contributed by atoms with Crippen molar-refractivity contribution in [2.24, 2.45) is 0 Å². The minimum absolute atomic E-state index is 0.247. The molecule has 0 radical (unpaired) electrons. The second-order valence-corrected chi connectivity index (χ2v) is 5.83. The average molecular weight is 355 g/mol. The Hall–Kier alpha value is -1.19. The standard InChI is InChI=1S/C16H17BrClNO/c1-3-15(11-5-4-6-12(17)9-11)19-13-7-8-16(20-2)14(18)10-13/h4-10,15,19H,3H2,1-2H3. The van der Waals surface area contributed by atoms with Crippen LogP contribution < -0.4 is 10.1 Å². The van der Waals surface area contributed by atoms with Gasteiger partial charge in [0.2, 0.25) is 0 Å². The van der Waals surface area contributed by atoms with Crippen molar-refractivity contribution in [3.63, 3.8) is 0 Å². The maximum Gasteiger partial charge on any atom is 0.137 e. The Labute approximate surface area is 133 Å². The first-order valence-electron chi connectivity index (χ1n) is 6.49. The maximum atomic E-state index is 6.15. The van der Waals surface area contributed by atoms with Crippen molar-refractivity contribution in [1.82, 2.24) is 0 Å². The monoisotopic (exact) mass is 353 g/mol. The van der Waals surface area contributed by atoms with Crippen molar-refractivity contribution in [2.45, 2.75) is 19.4 Å². The highest BCUT2D eigenvalue weighted by Gasteiger charge is 2.10. The van der Waals surface area contributed by atoms with Crippen molar-refractivity contribution >= 4 is 33.2 Å². The minimum Gasteiger partial charge on any atom is -0.495 e. The Kier molecular flexibility index (Phi) is 5.32. The Morgan fingerprint density at radius 2 is 2.05 bits per heavy atom. The summed E-state index contributed by atoms with van der Waals surface area (Å²) in [6, 6.07) is 14.3. The highest BCUT2D eigenvalue weighted by molar-refractivity contribution is 9.10. The molecule has 0 bridgehead atoms. The second-order valence-electron chi connectivity index (χ2n) is 4.51. The fourth-order valence-corrected chi connectivity index (χ4v) is 2.78. The van der Waals surface area contributed by atoms with Crippen molar-refractivity contribution in [2.75, 3.05) is 12.4 Å². The summed E-state index contributed by atoms with van der Waals surface area (Å²) >= 11 is 9.67. The molecule has 1 unspecified atom stereocenters. The van der Waals surface area contributed by atoms with E-state index in [1.807, 2.05) is 30.3 Å². The number of methoxy groups -OCH3 is 1. The van der Waals surface area contributed by atoms with Crippen LogP contribution in [0.4, 0.5) is 5.69 Å². The van der Waals surface area contributed by atoms with Crippen LogP contribution in [0.15, 0.2) is 46.9 Å². The molecule has 106 valence electrons. The number of rotatable bonds is 5.